The molecule has 1 aromatic carbocycles. The minimum atomic E-state index is 0.00681. The highest BCUT2D eigenvalue weighted by atomic mass is 16.1. The van der Waals surface area contributed by atoms with Crippen LogP contribution in [-0.4, -0.2) is 16.9 Å². The Kier molecular flexibility index (Phi) is 4.23. The SMILES string of the molecule is Cc1ccc(-c2ccc(C(=O)NC3CCCC3)c(C)n2)cc1. The van der Waals surface area contributed by atoms with Crippen LogP contribution in [0.5, 0.6) is 0 Å². The van der Waals surface area contributed by atoms with Crippen molar-refractivity contribution in [3.63, 3.8) is 0 Å². The van der Waals surface area contributed by atoms with E-state index < -0.39 is 0 Å². The summed E-state index contributed by atoms with van der Waals surface area (Å²) in [6.45, 7) is 3.97. The van der Waals surface area contributed by atoms with Gasteiger partial charge in [0, 0.05) is 11.6 Å². The molecule has 1 amide bonds. The van der Waals surface area contributed by atoms with Crippen molar-refractivity contribution in [3.8, 4) is 11.3 Å². The maximum Gasteiger partial charge on any atom is 0.253 e. The summed E-state index contributed by atoms with van der Waals surface area (Å²) in [6, 6.07) is 12.4. The third-order valence-corrected chi connectivity index (χ3v) is 4.37. The topological polar surface area (TPSA) is 42.0 Å². The van der Waals surface area contributed by atoms with Crippen LogP contribution in [0.15, 0.2) is 36.4 Å². The lowest BCUT2D eigenvalue weighted by atomic mass is 10.1. The lowest BCUT2D eigenvalue weighted by molar-refractivity contribution is 0.0937. The molecular formula is C19H22N2O. The number of nitrogens with zero attached hydrogens (tertiary/aromatic N) is 1. The third-order valence-electron chi connectivity index (χ3n) is 4.37. The standard InChI is InChI=1S/C19H22N2O/c1-13-7-9-15(10-8-13)18-12-11-17(14(2)20-18)19(22)21-16-5-3-4-6-16/h7-12,16H,3-6H2,1-2H3,(H,21,22). The second-order valence-electron chi connectivity index (χ2n) is 6.15. The van der Waals surface area contributed by atoms with Crippen molar-refractivity contribution in [3.05, 3.63) is 53.2 Å². The Morgan fingerprint density at radius 2 is 1.73 bits per heavy atom. The molecule has 3 heteroatoms. The zero-order chi connectivity index (χ0) is 15.5. The molecule has 1 aliphatic carbocycles. The Morgan fingerprint density at radius 3 is 2.36 bits per heavy atom. The number of rotatable bonds is 3. The first-order chi connectivity index (χ1) is 10.6. The largest absolute Gasteiger partial charge is 0.349 e. The summed E-state index contributed by atoms with van der Waals surface area (Å²) < 4.78 is 0. The van der Waals surface area contributed by atoms with E-state index in [1.807, 2.05) is 19.1 Å². The summed E-state index contributed by atoms with van der Waals surface area (Å²) in [5.74, 6) is 0.00681. The molecule has 0 radical (unpaired) electrons. The summed E-state index contributed by atoms with van der Waals surface area (Å²) >= 11 is 0. The van der Waals surface area contributed by atoms with Crippen LogP contribution in [0.4, 0.5) is 0 Å². The van der Waals surface area contributed by atoms with Gasteiger partial charge in [0.15, 0.2) is 0 Å². The van der Waals surface area contributed by atoms with Gasteiger partial charge in [-0.25, -0.2) is 0 Å². The van der Waals surface area contributed by atoms with Crippen molar-refractivity contribution < 1.29 is 4.79 Å². The first kappa shape index (κ1) is 14.8. The average molecular weight is 294 g/mol. The van der Waals surface area contributed by atoms with Gasteiger partial charge in [-0.05, 0) is 38.8 Å². The number of pyridine rings is 1. The quantitative estimate of drug-likeness (QED) is 0.928. The second-order valence-corrected chi connectivity index (χ2v) is 6.15. The van der Waals surface area contributed by atoms with E-state index >= 15 is 0 Å². The Balaban J connectivity index is 1.79. The van der Waals surface area contributed by atoms with Crippen molar-refractivity contribution in [2.75, 3.05) is 0 Å². The zero-order valence-electron chi connectivity index (χ0n) is 13.2. The molecule has 0 saturated heterocycles. The maximum atomic E-state index is 12.4. The van der Waals surface area contributed by atoms with E-state index in [2.05, 4.69) is 41.5 Å². The molecule has 1 N–H and O–H groups in total. The molecule has 1 fully saturated rings. The number of aryl methyl sites for hydroxylation is 2. The van der Waals surface area contributed by atoms with Gasteiger partial charge in [-0.15, -0.1) is 0 Å². The monoisotopic (exact) mass is 294 g/mol. The molecule has 0 atom stereocenters. The third kappa shape index (κ3) is 3.19. The van der Waals surface area contributed by atoms with Crippen LogP contribution in [0, 0.1) is 13.8 Å². The van der Waals surface area contributed by atoms with E-state index in [4.69, 9.17) is 0 Å². The van der Waals surface area contributed by atoms with Gasteiger partial charge in [0.25, 0.3) is 5.91 Å². The maximum absolute atomic E-state index is 12.4. The average Bonchev–Trinajstić information content (AvgIpc) is 3.00. The van der Waals surface area contributed by atoms with Gasteiger partial charge in [0.2, 0.25) is 0 Å². The molecule has 0 aliphatic heterocycles. The van der Waals surface area contributed by atoms with Gasteiger partial charge in [0.1, 0.15) is 0 Å². The van der Waals surface area contributed by atoms with Gasteiger partial charge in [-0.2, -0.15) is 0 Å². The predicted octanol–water partition coefficient (Wildman–Crippen LogP) is 4.04. The van der Waals surface area contributed by atoms with Crippen molar-refractivity contribution in [2.24, 2.45) is 0 Å². The number of benzene rings is 1. The molecule has 114 valence electrons. The van der Waals surface area contributed by atoms with Crippen molar-refractivity contribution in [1.29, 1.82) is 0 Å². The minimum Gasteiger partial charge on any atom is -0.349 e. The second kappa shape index (κ2) is 6.30. The summed E-state index contributed by atoms with van der Waals surface area (Å²) in [7, 11) is 0. The number of carbonyl (C=O) groups excluding carboxylic acids is 1. The molecule has 1 aromatic heterocycles. The van der Waals surface area contributed by atoms with E-state index in [-0.39, 0.29) is 5.91 Å². The fraction of sp³-hybridized carbons (Fsp3) is 0.368. The van der Waals surface area contributed by atoms with Crippen LogP contribution in [0.25, 0.3) is 11.3 Å². The first-order valence-corrected chi connectivity index (χ1v) is 7.99. The van der Waals surface area contributed by atoms with E-state index in [0.717, 1.165) is 29.8 Å². The number of hydrogen-bond donors (Lipinski definition) is 1. The van der Waals surface area contributed by atoms with Crippen LogP contribution in [0.1, 0.15) is 47.3 Å². The Bertz CT molecular complexity index is 670. The van der Waals surface area contributed by atoms with E-state index in [0.29, 0.717) is 11.6 Å². The molecule has 2 aromatic rings. The van der Waals surface area contributed by atoms with Crippen molar-refractivity contribution >= 4 is 5.91 Å². The van der Waals surface area contributed by atoms with Crippen LogP contribution >= 0.6 is 0 Å². The van der Waals surface area contributed by atoms with Gasteiger partial charge < -0.3 is 5.32 Å². The number of hydrogen-bond acceptors (Lipinski definition) is 2. The van der Waals surface area contributed by atoms with Crippen LogP contribution in [0.2, 0.25) is 0 Å². The van der Waals surface area contributed by atoms with Gasteiger partial charge >= 0.3 is 0 Å². The van der Waals surface area contributed by atoms with Gasteiger partial charge in [0.05, 0.1) is 17.0 Å². The Morgan fingerprint density at radius 1 is 1.05 bits per heavy atom. The zero-order valence-corrected chi connectivity index (χ0v) is 13.2. The summed E-state index contributed by atoms with van der Waals surface area (Å²) in [5.41, 5.74) is 4.69. The summed E-state index contributed by atoms with van der Waals surface area (Å²) in [4.78, 5) is 17.0. The van der Waals surface area contributed by atoms with Gasteiger partial charge in [-0.3, -0.25) is 9.78 Å². The van der Waals surface area contributed by atoms with Crippen molar-refractivity contribution in [1.82, 2.24) is 10.3 Å². The Labute approximate surface area is 131 Å². The fourth-order valence-corrected chi connectivity index (χ4v) is 3.02. The summed E-state index contributed by atoms with van der Waals surface area (Å²) in [6.07, 6.45) is 4.63. The molecular weight excluding hydrogens is 272 g/mol. The molecule has 0 unspecified atom stereocenters. The van der Waals surface area contributed by atoms with Gasteiger partial charge in [-0.1, -0.05) is 42.7 Å². The number of nitrogens with one attached hydrogen (secondary N) is 1. The van der Waals surface area contributed by atoms with E-state index in [9.17, 15) is 4.79 Å². The smallest absolute Gasteiger partial charge is 0.253 e. The minimum absolute atomic E-state index is 0.00681. The number of aromatic nitrogens is 1. The molecule has 1 saturated carbocycles. The molecule has 1 heterocycles. The number of amides is 1. The number of carbonyl (C=O) groups is 1. The molecule has 0 bridgehead atoms. The summed E-state index contributed by atoms with van der Waals surface area (Å²) in [5, 5.41) is 3.12. The molecule has 1 aliphatic rings. The highest BCUT2D eigenvalue weighted by molar-refractivity contribution is 5.95. The normalized spacial score (nSPS) is 15.0. The molecule has 3 nitrogen and oxygen atoms in total. The van der Waals surface area contributed by atoms with E-state index in [1.54, 1.807) is 0 Å². The highest BCUT2D eigenvalue weighted by Gasteiger charge is 2.19. The lowest BCUT2D eigenvalue weighted by Crippen LogP contribution is -2.33. The predicted molar refractivity (Wildman–Crippen MR) is 88.9 cm³/mol. The first-order valence-electron chi connectivity index (χ1n) is 7.99. The molecule has 0 spiro atoms. The van der Waals surface area contributed by atoms with Crippen molar-refractivity contribution in [2.45, 2.75) is 45.6 Å². The lowest BCUT2D eigenvalue weighted by Gasteiger charge is -2.13. The van der Waals surface area contributed by atoms with Crippen LogP contribution in [0.3, 0.4) is 0 Å². The van der Waals surface area contributed by atoms with Crippen LogP contribution in [-0.2, 0) is 0 Å². The van der Waals surface area contributed by atoms with E-state index in [1.165, 1.54) is 18.4 Å². The Hall–Kier alpha value is -2.16. The molecule has 3 rings (SSSR count). The fourth-order valence-electron chi connectivity index (χ4n) is 3.02. The highest BCUT2D eigenvalue weighted by Crippen LogP contribution is 2.21. The molecule has 22 heavy (non-hydrogen) atoms. The van der Waals surface area contributed by atoms with Crippen LogP contribution < -0.4 is 5.32 Å².